The quantitative estimate of drug-likeness (QED) is 0.620. The highest BCUT2D eigenvalue weighted by Gasteiger charge is 2.64. The number of fused-ring (bicyclic) bond motifs is 1. The Balaban J connectivity index is 2.28. The number of hydrogen-bond donors (Lipinski definition) is 1. The number of ether oxygens (including phenoxy) is 1. The molecule has 1 unspecified atom stereocenters. The molecule has 0 radical (unpaired) electrons. The molecule has 0 aromatic heterocycles. The second kappa shape index (κ2) is 4.37. The fraction of sp³-hybridized carbons (Fsp3) is 0.800. The first kappa shape index (κ1) is 13.6. The summed E-state index contributed by atoms with van der Waals surface area (Å²) in [6, 6.07) is 0. The summed E-state index contributed by atoms with van der Waals surface area (Å²) >= 11 is 0. The van der Waals surface area contributed by atoms with Gasteiger partial charge in [-0.05, 0) is 31.1 Å². The van der Waals surface area contributed by atoms with Gasteiger partial charge in [0.1, 0.15) is 0 Å². The van der Waals surface area contributed by atoms with Crippen molar-refractivity contribution >= 4 is 5.97 Å². The van der Waals surface area contributed by atoms with Gasteiger partial charge in [-0.2, -0.15) is 0 Å². The number of carbonyl (C=O) groups excluding carboxylic acids is 1. The molecule has 3 heteroatoms. The molecule has 102 valence electrons. The minimum absolute atomic E-state index is 0.242. The Morgan fingerprint density at radius 2 is 2.28 bits per heavy atom. The number of esters is 1. The van der Waals surface area contributed by atoms with Crippen molar-refractivity contribution in [2.75, 3.05) is 0 Å². The molecule has 1 aliphatic heterocycles. The van der Waals surface area contributed by atoms with Crippen molar-refractivity contribution < 1.29 is 14.6 Å². The summed E-state index contributed by atoms with van der Waals surface area (Å²) in [6.07, 6.45) is 4.80. The van der Waals surface area contributed by atoms with Crippen LogP contribution in [-0.2, 0) is 9.53 Å². The Kier molecular flexibility index (Phi) is 3.30. The molecule has 1 heterocycles. The summed E-state index contributed by atoms with van der Waals surface area (Å²) in [5.41, 5.74) is -0.455. The maximum absolute atomic E-state index is 12.0. The fourth-order valence-corrected chi connectivity index (χ4v) is 3.57. The van der Waals surface area contributed by atoms with Gasteiger partial charge in [-0.25, -0.2) is 0 Å². The number of allylic oxidation sites excluding steroid dienone is 1. The molecule has 1 saturated heterocycles. The zero-order chi connectivity index (χ0) is 13.6. The lowest BCUT2D eigenvalue weighted by atomic mass is 9.60. The lowest BCUT2D eigenvalue weighted by molar-refractivity contribution is -0.249. The third-order valence-electron chi connectivity index (χ3n) is 5.13. The Labute approximate surface area is 109 Å². The van der Waals surface area contributed by atoms with Crippen molar-refractivity contribution in [3.05, 3.63) is 12.7 Å². The topological polar surface area (TPSA) is 46.5 Å². The SMILES string of the molecule is C=CCC1C(=O)O[C@@]2(O)C[C@H](C(C)C)CC[C@@]12C. The van der Waals surface area contributed by atoms with Crippen molar-refractivity contribution in [3.8, 4) is 0 Å². The smallest absolute Gasteiger partial charge is 0.312 e. The van der Waals surface area contributed by atoms with E-state index in [1.807, 2.05) is 6.92 Å². The fourth-order valence-electron chi connectivity index (χ4n) is 3.57. The van der Waals surface area contributed by atoms with Gasteiger partial charge in [-0.15, -0.1) is 6.58 Å². The van der Waals surface area contributed by atoms with Crippen LogP contribution in [0, 0.1) is 23.2 Å². The second-order valence-electron chi connectivity index (χ2n) is 6.45. The van der Waals surface area contributed by atoms with E-state index in [2.05, 4.69) is 20.4 Å². The number of rotatable bonds is 3. The molecule has 4 atom stereocenters. The van der Waals surface area contributed by atoms with Gasteiger partial charge < -0.3 is 9.84 Å². The summed E-state index contributed by atoms with van der Waals surface area (Å²) in [7, 11) is 0. The second-order valence-corrected chi connectivity index (χ2v) is 6.45. The third kappa shape index (κ3) is 1.80. The van der Waals surface area contributed by atoms with Crippen molar-refractivity contribution in [3.63, 3.8) is 0 Å². The molecule has 0 amide bonds. The van der Waals surface area contributed by atoms with E-state index in [-0.39, 0.29) is 11.9 Å². The molecule has 3 nitrogen and oxygen atoms in total. The van der Waals surface area contributed by atoms with Crippen LogP contribution in [0.1, 0.15) is 46.5 Å². The van der Waals surface area contributed by atoms with E-state index in [1.54, 1.807) is 6.08 Å². The summed E-state index contributed by atoms with van der Waals surface area (Å²) in [5, 5.41) is 10.8. The van der Waals surface area contributed by atoms with E-state index in [0.717, 1.165) is 12.8 Å². The van der Waals surface area contributed by atoms with Gasteiger partial charge in [-0.3, -0.25) is 4.79 Å². The molecule has 18 heavy (non-hydrogen) atoms. The van der Waals surface area contributed by atoms with Gasteiger partial charge in [0.05, 0.1) is 5.92 Å². The van der Waals surface area contributed by atoms with Crippen LogP contribution in [0.15, 0.2) is 12.7 Å². The molecule has 2 aliphatic rings. The predicted octanol–water partition coefficient (Wildman–Crippen LogP) is 2.89. The van der Waals surface area contributed by atoms with Crippen LogP contribution in [0.2, 0.25) is 0 Å². The summed E-state index contributed by atoms with van der Waals surface area (Å²) in [4.78, 5) is 12.0. The minimum Gasteiger partial charge on any atom is -0.432 e. The summed E-state index contributed by atoms with van der Waals surface area (Å²) in [5.74, 6) is -0.836. The Hall–Kier alpha value is -0.830. The summed E-state index contributed by atoms with van der Waals surface area (Å²) in [6.45, 7) is 10.0. The molecule has 1 saturated carbocycles. The van der Waals surface area contributed by atoms with Gasteiger partial charge in [0.25, 0.3) is 0 Å². The molecule has 2 fully saturated rings. The molecular formula is C15H24O3. The minimum atomic E-state index is -1.27. The van der Waals surface area contributed by atoms with Crippen LogP contribution in [0.3, 0.4) is 0 Å². The Morgan fingerprint density at radius 1 is 1.61 bits per heavy atom. The average Bonchev–Trinajstić information content (AvgIpc) is 2.47. The van der Waals surface area contributed by atoms with Crippen molar-refractivity contribution in [1.82, 2.24) is 0 Å². The lowest BCUT2D eigenvalue weighted by Crippen LogP contribution is -2.51. The molecule has 1 aliphatic carbocycles. The molecule has 1 N–H and O–H groups in total. The van der Waals surface area contributed by atoms with Crippen LogP contribution in [0.5, 0.6) is 0 Å². The van der Waals surface area contributed by atoms with E-state index in [1.165, 1.54) is 0 Å². The lowest BCUT2D eigenvalue weighted by Gasteiger charge is -2.46. The first-order valence-electron chi connectivity index (χ1n) is 6.90. The van der Waals surface area contributed by atoms with E-state index in [4.69, 9.17) is 4.74 Å². The van der Waals surface area contributed by atoms with Crippen LogP contribution in [0.25, 0.3) is 0 Å². The third-order valence-corrected chi connectivity index (χ3v) is 5.13. The zero-order valence-corrected chi connectivity index (χ0v) is 11.6. The van der Waals surface area contributed by atoms with Crippen LogP contribution < -0.4 is 0 Å². The van der Waals surface area contributed by atoms with Gasteiger partial charge in [-0.1, -0.05) is 26.8 Å². The Morgan fingerprint density at radius 3 is 2.83 bits per heavy atom. The van der Waals surface area contributed by atoms with Gasteiger partial charge in [0.2, 0.25) is 5.79 Å². The highest BCUT2D eigenvalue weighted by molar-refractivity contribution is 5.77. The zero-order valence-electron chi connectivity index (χ0n) is 11.6. The molecule has 0 bridgehead atoms. The van der Waals surface area contributed by atoms with Gasteiger partial charge in [0, 0.05) is 11.8 Å². The van der Waals surface area contributed by atoms with Crippen LogP contribution in [-0.4, -0.2) is 16.9 Å². The van der Waals surface area contributed by atoms with Gasteiger partial charge in [0.15, 0.2) is 0 Å². The van der Waals surface area contributed by atoms with Crippen molar-refractivity contribution in [1.29, 1.82) is 0 Å². The Bertz CT molecular complexity index is 363. The maximum Gasteiger partial charge on any atom is 0.312 e. The standard InChI is InChI=1S/C15H24O3/c1-5-6-12-13(16)18-15(17)9-11(10(2)3)7-8-14(12,15)4/h5,10-12,17H,1,6-9H2,2-4H3/t11-,12?,14+,15+/m1/s1. The number of hydrogen-bond acceptors (Lipinski definition) is 3. The molecule has 0 aromatic carbocycles. The van der Waals surface area contributed by atoms with Crippen molar-refractivity contribution in [2.45, 2.75) is 52.2 Å². The monoisotopic (exact) mass is 252 g/mol. The van der Waals surface area contributed by atoms with E-state index in [0.29, 0.717) is 24.7 Å². The number of carbonyl (C=O) groups is 1. The van der Waals surface area contributed by atoms with E-state index >= 15 is 0 Å². The van der Waals surface area contributed by atoms with Crippen molar-refractivity contribution in [2.24, 2.45) is 23.2 Å². The van der Waals surface area contributed by atoms with E-state index in [9.17, 15) is 9.90 Å². The predicted molar refractivity (Wildman–Crippen MR) is 69.6 cm³/mol. The molecule has 2 rings (SSSR count). The number of aliphatic hydroxyl groups is 1. The molecular weight excluding hydrogens is 228 g/mol. The first-order chi connectivity index (χ1) is 8.34. The normalized spacial score (nSPS) is 43.7. The first-order valence-corrected chi connectivity index (χ1v) is 6.90. The maximum atomic E-state index is 12.0. The molecule has 0 spiro atoms. The van der Waals surface area contributed by atoms with Crippen LogP contribution >= 0.6 is 0 Å². The molecule has 0 aromatic rings. The summed E-state index contributed by atoms with van der Waals surface area (Å²) < 4.78 is 5.37. The largest absolute Gasteiger partial charge is 0.432 e. The average molecular weight is 252 g/mol. The van der Waals surface area contributed by atoms with Crippen LogP contribution in [0.4, 0.5) is 0 Å². The van der Waals surface area contributed by atoms with E-state index < -0.39 is 11.2 Å². The highest BCUT2D eigenvalue weighted by atomic mass is 16.7. The van der Waals surface area contributed by atoms with Gasteiger partial charge >= 0.3 is 5.97 Å². The highest BCUT2D eigenvalue weighted by Crippen LogP contribution is 2.58.